The van der Waals surface area contributed by atoms with Gasteiger partial charge in [0, 0.05) is 36.8 Å². The van der Waals surface area contributed by atoms with Crippen molar-refractivity contribution in [1.82, 2.24) is 24.9 Å². The van der Waals surface area contributed by atoms with E-state index in [4.69, 9.17) is 5.10 Å². The Morgan fingerprint density at radius 3 is 2.90 bits per heavy atom. The molecule has 0 radical (unpaired) electrons. The summed E-state index contributed by atoms with van der Waals surface area (Å²) in [5.74, 6) is 0. The third kappa shape index (κ3) is 2.56. The number of aromatic nitrogens is 4. The molecule has 1 fully saturated rings. The van der Waals surface area contributed by atoms with Crippen molar-refractivity contribution in [3.63, 3.8) is 0 Å². The number of aryl methyl sites for hydroxylation is 1. The molecule has 2 aromatic heterocycles. The minimum Gasteiger partial charge on any atom is -0.308 e. The fraction of sp³-hybridized carbons (Fsp3) is 0.375. The van der Waals surface area contributed by atoms with Gasteiger partial charge in [-0.2, -0.15) is 10.2 Å². The van der Waals surface area contributed by atoms with Crippen LogP contribution in [0.15, 0.2) is 36.7 Å². The van der Waals surface area contributed by atoms with Crippen LogP contribution in [0.4, 0.5) is 0 Å². The first-order valence-corrected chi connectivity index (χ1v) is 7.45. The average molecular weight is 281 g/mol. The van der Waals surface area contributed by atoms with E-state index in [2.05, 4.69) is 39.4 Å². The molecule has 108 valence electrons. The highest BCUT2D eigenvalue weighted by Gasteiger charge is 2.21. The van der Waals surface area contributed by atoms with Crippen LogP contribution in [0, 0.1) is 0 Å². The number of fused-ring (bicyclic) bond motifs is 1. The summed E-state index contributed by atoms with van der Waals surface area (Å²) in [4.78, 5) is 0. The predicted octanol–water partition coefficient (Wildman–Crippen LogP) is 2.07. The molecule has 0 aliphatic heterocycles. The minimum absolute atomic E-state index is 0.701. The van der Waals surface area contributed by atoms with Crippen LogP contribution in [-0.2, 0) is 20.1 Å². The van der Waals surface area contributed by atoms with Gasteiger partial charge in [-0.25, -0.2) is 0 Å². The lowest BCUT2D eigenvalue weighted by Crippen LogP contribution is -2.16. The third-order valence-corrected chi connectivity index (χ3v) is 3.96. The lowest BCUT2D eigenvalue weighted by Gasteiger charge is -2.00. The molecule has 5 nitrogen and oxygen atoms in total. The number of hydrogen-bond acceptors (Lipinski definition) is 3. The summed E-state index contributed by atoms with van der Waals surface area (Å²) in [6.45, 7) is 1.61. The Kier molecular flexibility index (Phi) is 3.00. The topological polar surface area (TPSA) is 47.7 Å². The Morgan fingerprint density at radius 2 is 2.14 bits per heavy atom. The molecule has 0 unspecified atom stereocenters. The van der Waals surface area contributed by atoms with Gasteiger partial charge in [-0.05, 0) is 18.9 Å². The summed E-state index contributed by atoms with van der Waals surface area (Å²) in [6.07, 6.45) is 6.54. The largest absolute Gasteiger partial charge is 0.308 e. The van der Waals surface area contributed by atoms with E-state index >= 15 is 0 Å². The minimum atomic E-state index is 0.701. The Balaban J connectivity index is 1.66. The SMILES string of the molecule is Cn1cc(Cn2nc(CNC3CC3)c3ccccc32)cn1. The number of para-hydroxylation sites is 1. The van der Waals surface area contributed by atoms with Gasteiger partial charge in [0.25, 0.3) is 0 Å². The first-order valence-electron chi connectivity index (χ1n) is 7.45. The Hall–Kier alpha value is -2.14. The van der Waals surface area contributed by atoms with Crippen molar-refractivity contribution in [3.8, 4) is 0 Å². The van der Waals surface area contributed by atoms with Gasteiger partial charge in [-0.3, -0.25) is 9.36 Å². The van der Waals surface area contributed by atoms with Gasteiger partial charge < -0.3 is 5.32 Å². The normalized spacial score (nSPS) is 14.9. The second-order valence-corrected chi connectivity index (χ2v) is 5.80. The van der Waals surface area contributed by atoms with Crippen LogP contribution in [0.1, 0.15) is 24.1 Å². The summed E-state index contributed by atoms with van der Waals surface area (Å²) in [7, 11) is 1.94. The van der Waals surface area contributed by atoms with Crippen molar-refractivity contribution >= 4 is 10.9 Å². The zero-order chi connectivity index (χ0) is 14.2. The van der Waals surface area contributed by atoms with Gasteiger partial charge in [-0.15, -0.1) is 0 Å². The molecule has 0 spiro atoms. The van der Waals surface area contributed by atoms with E-state index in [0.29, 0.717) is 6.04 Å². The number of nitrogens with zero attached hydrogens (tertiary/aromatic N) is 4. The Labute approximate surface area is 123 Å². The molecule has 1 aliphatic rings. The average Bonchev–Trinajstić information content (AvgIpc) is 3.15. The lowest BCUT2D eigenvalue weighted by atomic mass is 10.2. The van der Waals surface area contributed by atoms with Gasteiger partial charge in [-0.1, -0.05) is 18.2 Å². The van der Waals surface area contributed by atoms with E-state index in [-0.39, 0.29) is 0 Å². The molecule has 2 heterocycles. The van der Waals surface area contributed by atoms with E-state index in [1.807, 2.05) is 24.1 Å². The molecule has 0 saturated heterocycles. The molecule has 1 saturated carbocycles. The molecule has 0 bridgehead atoms. The van der Waals surface area contributed by atoms with E-state index in [0.717, 1.165) is 18.8 Å². The molecule has 5 heteroatoms. The van der Waals surface area contributed by atoms with E-state index in [1.54, 1.807) is 0 Å². The molecule has 1 aliphatic carbocycles. The standard InChI is InChI=1S/C16H19N5/c1-20-10-12(8-18-20)11-21-16-5-3-2-4-14(16)15(19-21)9-17-13-6-7-13/h2-5,8,10,13,17H,6-7,9,11H2,1H3. The molecule has 1 N–H and O–H groups in total. The van der Waals surface area contributed by atoms with Crippen LogP contribution < -0.4 is 5.32 Å². The molecular formula is C16H19N5. The molecule has 0 atom stereocenters. The molecule has 21 heavy (non-hydrogen) atoms. The molecule has 0 amide bonds. The number of hydrogen-bond donors (Lipinski definition) is 1. The Bertz CT molecular complexity index is 766. The summed E-state index contributed by atoms with van der Waals surface area (Å²) in [5, 5.41) is 13.8. The summed E-state index contributed by atoms with van der Waals surface area (Å²) in [6, 6.07) is 9.15. The highest BCUT2D eigenvalue weighted by molar-refractivity contribution is 5.82. The van der Waals surface area contributed by atoms with Crippen molar-refractivity contribution in [2.75, 3.05) is 0 Å². The van der Waals surface area contributed by atoms with E-state index < -0.39 is 0 Å². The zero-order valence-corrected chi connectivity index (χ0v) is 12.2. The monoisotopic (exact) mass is 281 g/mol. The summed E-state index contributed by atoms with van der Waals surface area (Å²) in [5.41, 5.74) is 3.50. The lowest BCUT2D eigenvalue weighted by molar-refractivity contribution is 0.640. The fourth-order valence-corrected chi connectivity index (χ4v) is 2.70. The van der Waals surface area contributed by atoms with Crippen molar-refractivity contribution < 1.29 is 0 Å². The highest BCUT2D eigenvalue weighted by atomic mass is 15.3. The number of benzene rings is 1. The number of nitrogens with one attached hydrogen (secondary N) is 1. The van der Waals surface area contributed by atoms with Gasteiger partial charge in [0.1, 0.15) is 0 Å². The van der Waals surface area contributed by atoms with Crippen LogP contribution in [-0.4, -0.2) is 25.6 Å². The summed E-state index contributed by atoms with van der Waals surface area (Å²) < 4.78 is 3.91. The predicted molar refractivity (Wildman–Crippen MR) is 81.9 cm³/mol. The van der Waals surface area contributed by atoms with E-state index in [9.17, 15) is 0 Å². The Morgan fingerprint density at radius 1 is 1.29 bits per heavy atom. The van der Waals surface area contributed by atoms with Crippen LogP contribution >= 0.6 is 0 Å². The third-order valence-electron chi connectivity index (χ3n) is 3.96. The first-order chi connectivity index (χ1) is 10.3. The molecule has 3 aromatic rings. The maximum Gasteiger partial charge on any atom is 0.0841 e. The molecule has 1 aromatic carbocycles. The van der Waals surface area contributed by atoms with Gasteiger partial charge in [0.05, 0.1) is 24.0 Å². The van der Waals surface area contributed by atoms with Crippen LogP contribution in [0.3, 0.4) is 0 Å². The van der Waals surface area contributed by atoms with Gasteiger partial charge in [0.2, 0.25) is 0 Å². The van der Waals surface area contributed by atoms with Gasteiger partial charge in [0.15, 0.2) is 0 Å². The molecule has 4 rings (SSSR count). The fourth-order valence-electron chi connectivity index (χ4n) is 2.70. The first kappa shape index (κ1) is 12.6. The van der Waals surface area contributed by atoms with Crippen molar-refractivity contribution in [1.29, 1.82) is 0 Å². The van der Waals surface area contributed by atoms with Crippen LogP contribution in [0.2, 0.25) is 0 Å². The number of rotatable bonds is 5. The van der Waals surface area contributed by atoms with Crippen LogP contribution in [0.5, 0.6) is 0 Å². The smallest absolute Gasteiger partial charge is 0.0841 e. The second-order valence-electron chi connectivity index (χ2n) is 5.80. The maximum absolute atomic E-state index is 4.81. The van der Waals surface area contributed by atoms with E-state index in [1.165, 1.54) is 29.3 Å². The van der Waals surface area contributed by atoms with Crippen molar-refractivity contribution in [3.05, 3.63) is 47.9 Å². The quantitative estimate of drug-likeness (QED) is 0.779. The summed E-state index contributed by atoms with van der Waals surface area (Å²) >= 11 is 0. The maximum atomic E-state index is 4.81. The van der Waals surface area contributed by atoms with Crippen molar-refractivity contribution in [2.24, 2.45) is 7.05 Å². The van der Waals surface area contributed by atoms with Crippen LogP contribution in [0.25, 0.3) is 10.9 Å². The highest BCUT2D eigenvalue weighted by Crippen LogP contribution is 2.22. The van der Waals surface area contributed by atoms with Gasteiger partial charge >= 0.3 is 0 Å². The zero-order valence-electron chi connectivity index (χ0n) is 12.2. The molecular weight excluding hydrogens is 262 g/mol. The van der Waals surface area contributed by atoms with Crippen molar-refractivity contribution in [2.45, 2.75) is 32.0 Å². The second kappa shape index (κ2) is 5.00.